The molecule has 164 valence electrons. The van der Waals surface area contributed by atoms with Crippen molar-refractivity contribution in [2.75, 3.05) is 0 Å². The van der Waals surface area contributed by atoms with Crippen LogP contribution in [0.25, 0.3) is 11.1 Å². The summed E-state index contributed by atoms with van der Waals surface area (Å²) in [5, 5.41) is 0. The Kier molecular flexibility index (Phi) is 6.63. The fraction of sp³-hybridized carbons (Fsp3) is 0.423. The summed E-state index contributed by atoms with van der Waals surface area (Å²) in [5.74, 6) is -1.63. The summed E-state index contributed by atoms with van der Waals surface area (Å²) < 4.78 is 5.48. The van der Waals surface area contributed by atoms with Crippen molar-refractivity contribution < 1.29 is 19.1 Å². The minimum absolute atomic E-state index is 0.125. The van der Waals surface area contributed by atoms with Crippen LogP contribution < -0.4 is 0 Å². The van der Waals surface area contributed by atoms with E-state index in [2.05, 4.69) is 12.1 Å². The van der Waals surface area contributed by atoms with Crippen LogP contribution in [0.2, 0.25) is 0 Å². The fourth-order valence-corrected chi connectivity index (χ4v) is 3.93. The Morgan fingerprint density at radius 3 is 2.13 bits per heavy atom. The average Bonchev–Trinajstić information content (AvgIpc) is 3.03. The Hall–Kier alpha value is -2.95. The zero-order valence-electron chi connectivity index (χ0n) is 18.9. The van der Waals surface area contributed by atoms with E-state index in [1.807, 2.05) is 42.5 Å². The van der Waals surface area contributed by atoms with Gasteiger partial charge < -0.3 is 4.74 Å². The Morgan fingerprint density at radius 2 is 1.58 bits per heavy atom. The lowest BCUT2D eigenvalue weighted by atomic mass is 9.91. The number of carbonyl (C=O) groups is 3. The van der Waals surface area contributed by atoms with Crippen molar-refractivity contribution in [2.24, 2.45) is 11.8 Å². The highest BCUT2D eigenvalue weighted by Crippen LogP contribution is 2.32. The number of benzene rings is 2. The van der Waals surface area contributed by atoms with E-state index >= 15 is 0 Å². The first-order valence-electron chi connectivity index (χ1n) is 10.8. The summed E-state index contributed by atoms with van der Waals surface area (Å²) in [6, 6.07) is 17.8. The van der Waals surface area contributed by atoms with Crippen molar-refractivity contribution in [3.05, 3.63) is 60.2 Å². The van der Waals surface area contributed by atoms with Gasteiger partial charge in [0.05, 0.1) is 5.92 Å². The normalized spacial score (nSPS) is 19.0. The van der Waals surface area contributed by atoms with Gasteiger partial charge >= 0.3 is 6.09 Å². The first-order chi connectivity index (χ1) is 14.6. The monoisotopic (exact) mass is 421 g/mol. The highest BCUT2D eigenvalue weighted by molar-refractivity contribution is 6.08. The number of ketones is 1. The highest BCUT2D eigenvalue weighted by Gasteiger charge is 2.47. The number of hydrogen-bond donors (Lipinski definition) is 0. The van der Waals surface area contributed by atoms with Crippen molar-refractivity contribution in [3.8, 4) is 11.1 Å². The van der Waals surface area contributed by atoms with Gasteiger partial charge in [-0.1, -0.05) is 68.4 Å². The van der Waals surface area contributed by atoms with Crippen LogP contribution in [0.3, 0.4) is 0 Å². The van der Waals surface area contributed by atoms with Crippen LogP contribution in [0.15, 0.2) is 54.6 Å². The number of imide groups is 1. The Balaban J connectivity index is 1.83. The zero-order valence-corrected chi connectivity index (χ0v) is 18.9. The molecule has 0 radical (unpaired) electrons. The van der Waals surface area contributed by atoms with Gasteiger partial charge in [0.2, 0.25) is 5.91 Å². The summed E-state index contributed by atoms with van der Waals surface area (Å²) in [7, 11) is 0. The van der Waals surface area contributed by atoms with Crippen molar-refractivity contribution in [3.63, 3.8) is 0 Å². The van der Waals surface area contributed by atoms with E-state index in [-0.39, 0.29) is 11.7 Å². The number of nitrogens with zero attached hydrogens (tertiary/aromatic N) is 1. The molecular weight excluding hydrogens is 390 g/mol. The standard InChI is InChI=1S/C26H31NO4/c1-17(2)23(28)22-16-21(27(24(22)29)25(30)31-26(3,4)5)15-18-11-13-20(14-12-18)19-9-7-6-8-10-19/h6-14,17,21-22H,15-16H2,1-5H3/t21-,22-/m0/s1. The predicted octanol–water partition coefficient (Wildman–Crippen LogP) is 5.27. The molecule has 3 rings (SSSR count). The molecule has 0 spiro atoms. The molecular formula is C26H31NO4. The van der Waals surface area contributed by atoms with E-state index in [0.717, 1.165) is 16.7 Å². The molecule has 1 fully saturated rings. The maximum Gasteiger partial charge on any atom is 0.417 e. The molecule has 1 saturated heterocycles. The maximum absolute atomic E-state index is 13.0. The summed E-state index contributed by atoms with van der Waals surface area (Å²) in [4.78, 5) is 39.6. The number of ether oxygens (including phenoxy) is 1. The molecule has 31 heavy (non-hydrogen) atoms. The molecule has 2 aromatic rings. The lowest BCUT2D eigenvalue weighted by molar-refractivity contribution is -0.137. The van der Waals surface area contributed by atoms with Gasteiger partial charge in [-0.05, 0) is 50.3 Å². The Labute approximate surface area is 184 Å². The Bertz CT molecular complexity index is 942. The summed E-state index contributed by atoms with van der Waals surface area (Å²) in [5.41, 5.74) is 2.51. The molecule has 2 aromatic carbocycles. The number of carbonyl (C=O) groups excluding carboxylic acids is 3. The second-order valence-corrected chi connectivity index (χ2v) is 9.45. The second-order valence-electron chi connectivity index (χ2n) is 9.45. The summed E-state index contributed by atoms with van der Waals surface area (Å²) >= 11 is 0. The second kappa shape index (κ2) is 9.04. The van der Waals surface area contributed by atoms with Crippen LogP contribution in [0.1, 0.15) is 46.6 Å². The van der Waals surface area contributed by atoms with E-state index in [1.165, 1.54) is 4.90 Å². The SMILES string of the molecule is CC(C)C(=O)[C@@H]1C[C@H](Cc2ccc(-c3ccccc3)cc2)N(C(=O)OC(C)(C)C)C1=O. The van der Waals surface area contributed by atoms with E-state index in [9.17, 15) is 14.4 Å². The minimum Gasteiger partial charge on any atom is -0.443 e. The van der Waals surface area contributed by atoms with Gasteiger partial charge in [-0.3, -0.25) is 9.59 Å². The average molecular weight is 422 g/mol. The third kappa shape index (κ3) is 5.40. The fourth-order valence-electron chi connectivity index (χ4n) is 3.93. The van der Waals surface area contributed by atoms with E-state index < -0.39 is 29.6 Å². The molecule has 2 atom stereocenters. The third-order valence-electron chi connectivity index (χ3n) is 5.44. The number of amides is 2. The first-order valence-corrected chi connectivity index (χ1v) is 10.8. The molecule has 1 aliphatic heterocycles. The van der Waals surface area contributed by atoms with Crippen molar-refractivity contribution in [2.45, 2.75) is 59.1 Å². The molecule has 0 unspecified atom stereocenters. The molecule has 1 aliphatic rings. The van der Waals surface area contributed by atoms with Gasteiger partial charge in [-0.25, -0.2) is 9.69 Å². The summed E-state index contributed by atoms with van der Waals surface area (Å²) in [6.07, 6.45) is 0.139. The molecule has 0 N–H and O–H groups in total. The van der Waals surface area contributed by atoms with Crippen LogP contribution in [-0.2, 0) is 20.7 Å². The van der Waals surface area contributed by atoms with Crippen molar-refractivity contribution in [1.29, 1.82) is 0 Å². The van der Waals surface area contributed by atoms with Gasteiger partial charge in [0.25, 0.3) is 0 Å². The molecule has 5 nitrogen and oxygen atoms in total. The molecule has 0 aromatic heterocycles. The number of likely N-dealkylation sites (tertiary alicyclic amines) is 1. The lowest BCUT2D eigenvalue weighted by Crippen LogP contribution is -2.44. The minimum atomic E-state index is -0.791. The zero-order chi connectivity index (χ0) is 22.8. The van der Waals surface area contributed by atoms with Crippen LogP contribution in [0, 0.1) is 11.8 Å². The quantitative estimate of drug-likeness (QED) is 0.617. The van der Waals surface area contributed by atoms with Crippen molar-refractivity contribution in [1.82, 2.24) is 4.90 Å². The van der Waals surface area contributed by atoms with Crippen LogP contribution in [0.5, 0.6) is 0 Å². The number of Topliss-reactive ketones (excluding diaryl/α,β-unsaturated/α-hetero) is 1. The molecule has 0 bridgehead atoms. The van der Waals surface area contributed by atoms with E-state index in [0.29, 0.717) is 12.8 Å². The Morgan fingerprint density at radius 1 is 1.00 bits per heavy atom. The van der Waals surface area contributed by atoms with Gasteiger partial charge in [0.15, 0.2) is 0 Å². The first kappa shape index (κ1) is 22.7. The largest absolute Gasteiger partial charge is 0.443 e. The molecule has 1 heterocycles. The molecule has 0 aliphatic carbocycles. The highest BCUT2D eigenvalue weighted by atomic mass is 16.6. The maximum atomic E-state index is 13.0. The molecule has 2 amide bonds. The topological polar surface area (TPSA) is 63.7 Å². The number of rotatable bonds is 5. The third-order valence-corrected chi connectivity index (χ3v) is 5.44. The summed E-state index contributed by atoms with van der Waals surface area (Å²) in [6.45, 7) is 8.85. The van der Waals surface area contributed by atoms with Gasteiger partial charge in [0, 0.05) is 12.0 Å². The van der Waals surface area contributed by atoms with Crippen LogP contribution >= 0.6 is 0 Å². The van der Waals surface area contributed by atoms with Gasteiger partial charge in [-0.2, -0.15) is 0 Å². The smallest absolute Gasteiger partial charge is 0.417 e. The molecule has 5 heteroatoms. The lowest BCUT2D eigenvalue weighted by Gasteiger charge is -2.27. The van der Waals surface area contributed by atoms with Crippen LogP contribution in [-0.4, -0.2) is 34.3 Å². The molecule has 0 saturated carbocycles. The number of hydrogen-bond acceptors (Lipinski definition) is 4. The van der Waals surface area contributed by atoms with E-state index in [1.54, 1.807) is 34.6 Å². The van der Waals surface area contributed by atoms with Gasteiger partial charge in [0.1, 0.15) is 11.4 Å². The van der Waals surface area contributed by atoms with Crippen molar-refractivity contribution >= 4 is 17.8 Å². The van der Waals surface area contributed by atoms with E-state index in [4.69, 9.17) is 4.74 Å². The van der Waals surface area contributed by atoms with Crippen LogP contribution in [0.4, 0.5) is 4.79 Å². The van der Waals surface area contributed by atoms with Gasteiger partial charge in [-0.15, -0.1) is 0 Å². The predicted molar refractivity (Wildman–Crippen MR) is 120 cm³/mol.